The Balaban J connectivity index is 1.72. The van der Waals surface area contributed by atoms with Gasteiger partial charge >= 0.3 is 0 Å². The number of nitrogens with zero attached hydrogens (tertiary/aromatic N) is 5. The maximum absolute atomic E-state index is 11.9. The molecule has 8 heteroatoms. The van der Waals surface area contributed by atoms with Crippen LogP contribution in [-0.2, 0) is 22.6 Å². The molecule has 0 radical (unpaired) electrons. The van der Waals surface area contributed by atoms with Gasteiger partial charge in [-0.25, -0.2) is 9.97 Å². The van der Waals surface area contributed by atoms with Gasteiger partial charge in [0.2, 0.25) is 11.8 Å². The minimum absolute atomic E-state index is 0.00952. The molecule has 1 unspecified atom stereocenters. The SMILES string of the molecule is CC(=O)NC1CCN(c2nc(-c3cccnc3)nc3c2CCN(C(C)=O)C3)C1. The molecule has 2 aromatic heterocycles. The number of pyridine rings is 1. The molecule has 2 amide bonds. The number of nitrogens with one attached hydrogen (secondary N) is 1. The summed E-state index contributed by atoms with van der Waals surface area (Å²) in [6, 6.07) is 3.93. The average Bonchev–Trinajstić information content (AvgIpc) is 3.14. The van der Waals surface area contributed by atoms with Crippen molar-refractivity contribution < 1.29 is 9.59 Å². The highest BCUT2D eigenvalue weighted by atomic mass is 16.2. The molecule has 0 aliphatic carbocycles. The molecule has 28 heavy (non-hydrogen) atoms. The van der Waals surface area contributed by atoms with Crippen molar-refractivity contribution in [2.45, 2.75) is 39.3 Å². The summed E-state index contributed by atoms with van der Waals surface area (Å²) in [6.45, 7) is 5.87. The van der Waals surface area contributed by atoms with Gasteiger partial charge < -0.3 is 15.1 Å². The van der Waals surface area contributed by atoms with E-state index < -0.39 is 0 Å². The van der Waals surface area contributed by atoms with Gasteiger partial charge in [0.15, 0.2) is 5.82 Å². The second-order valence-electron chi connectivity index (χ2n) is 7.36. The van der Waals surface area contributed by atoms with E-state index in [2.05, 4.69) is 15.2 Å². The lowest BCUT2D eigenvalue weighted by Crippen LogP contribution is -2.38. The zero-order valence-electron chi connectivity index (χ0n) is 16.2. The van der Waals surface area contributed by atoms with E-state index >= 15 is 0 Å². The Bertz CT molecular complexity index is 901. The molecule has 1 saturated heterocycles. The summed E-state index contributed by atoms with van der Waals surface area (Å²) in [6.07, 6.45) is 5.10. The Hall–Kier alpha value is -3.03. The molecule has 1 N–H and O–H groups in total. The summed E-state index contributed by atoms with van der Waals surface area (Å²) in [5.41, 5.74) is 2.85. The van der Waals surface area contributed by atoms with Crippen LogP contribution in [0.5, 0.6) is 0 Å². The van der Waals surface area contributed by atoms with Gasteiger partial charge in [-0.1, -0.05) is 0 Å². The van der Waals surface area contributed by atoms with Gasteiger partial charge in [0.05, 0.1) is 12.2 Å². The summed E-state index contributed by atoms with van der Waals surface area (Å²) in [5, 5.41) is 3.00. The second-order valence-corrected chi connectivity index (χ2v) is 7.36. The summed E-state index contributed by atoms with van der Waals surface area (Å²) < 4.78 is 0. The fourth-order valence-corrected chi connectivity index (χ4v) is 3.92. The Labute approximate surface area is 164 Å². The number of anilines is 1. The zero-order chi connectivity index (χ0) is 19.7. The number of hydrogen-bond acceptors (Lipinski definition) is 6. The van der Waals surface area contributed by atoms with Crippen molar-refractivity contribution in [3.05, 3.63) is 35.8 Å². The largest absolute Gasteiger partial charge is 0.354 e. The number of fused-ring (bicyclic) bond motifs is 1. The average molecular weight is 380 g/mol. The van der Waals surface area contributed by atoms with Crippen LogP contribution in [-0.4, -0.2) is 57.3 Å². The van der Waals surface area contributed by atoms with Gasteiger partial charge in [-0.05, 0) is 25.0 Å². The van der Waals surface area contributed by atoms with Crippen molar-refractivity contribution >= 4 is 17.6 Å². The van der Waals surface area contributed by atoms with Crippen LogP contribution < -0.4 is 10.2 Å². The van der Waals surface area contributed by atoms with Gasteiger partial charge in [-0.3, -0.25) is 14.6 Å². The fourth-order valence-electron chi connectivity index (χ4n) is 3.92. The number of rotatable bonds is 3. The number of carbonyl (C=O) groups is 2. The lowest BCUT2D eigenvalue weighted by Gasteiger charge is -2.31. The third-order valence-corrected chi connectivity index (χ3v) is 5.30. The first-order valence-corrected chi connectivity index (χ1v) is 9.59. The van der Waals surface area contributed by atoms with E-state index in [-0.39, 0.29) is 17.9 Å². The van der Waals surface area contributed by atoms with Crippen molar-refractivity contribution in [1.82, 2.24) is 25.2 Å². The smallest absolute Gasteiger partial charge is 0.219 e. The van der Waals surface area contributed by atoms with Crippen LogP contribution in [0.15, 0.2) is 24.5 Å². The second kappa shape index (κ2) is 7.53. The van der Waals surface area contributed by atoms with E-state index in [0.717, 1.165) is 48.6 Å². The zero-order valence-corrected chi connectivity index (χ0v) is 16.2. The summed E-state index contributed by atoms with van der Waals surface area (Å²) >= 11 is 0. The van der Waals surface area contributed by atoms with E-state index in [1.807, 2.05) is 17.0 Å². The fraction of sp³-hybridized carbons (Fsp3) is 0.450. The third kappa shape index (κ3) is 3.67. The van der Waals surface area contributed by atoms with Crippen LogP contribution in [0.25, 0.3) is 11.4 Å². The van der Waals surface area contributed by atoms with Crippen LogP contribution >= 0.6 is 0 Å². The van der Waals surface area contributed by atoms with E-state index in [1.165, 1.54) is 0 Å². The summed E-state index contributed by atoms with van der Waals surface area (Å²) in [4.78, 5) is 41.2. The van der Waals surface area contributed by atoms with E-state index in [4.69, 9.17) is 9.97 Å². The lowest BCUT2D eigenvalue weighted by molar-refractivity contribution is -0.129. The summed E-state index contributed by atoms with van der Waals surface area (Å²) in [7, 11) is 0. The first kappa shape index (κ1) is 18.3. The van der Waals surface area contributed by atoms with Crippen molar-refractivity contribution in [2.75, 3.05) is 24.5 Å². The Kier molecular flexibility index (Phi) is 4.93. The topological polar surface area (TPSA) is 91.3 Å². The van der Waals surface area contributed by atoms with Crippen LogP contribution in [0, 0.1) is 0 Å². The highest BCUT2D eigenvalue weighted by Crippen LogP contribution is 2.31. The van der Waals surface area contributed by atoms with Gasteiger partial charge in [0, 0.05) is 63.0 Å². The molecule has 2 aliphatic rings. The standard InChI is InChI=1S/C20H24N6O2/c1-13(27)22-16-5-8-26(11-16)20-17-6-9-25(14(2)28)12-18(17)23-19(24-20)15-4-3-7-21-10-15/h3-4,7,10,16H,5-6,8-9,11-12H2,1-2H3,(H,22,27). The molecule has 4 rings (SSSR count). The maximum atomic E-state index is 11.9. The molecule has 8 nitrogen and oxygen atoms in total. The molecule has 2 aliphatic heterocycles. The number of hydrogen-bond donors (Lipinski definition) is 1. The van der Waals surface area contributed by atoms with Gasteiger partial charge in [0.1, 0.15) is 5.82 Å². The lowest BCUT2D eigenvalue weighted by atomic mass is 10.0. The molecule has 1 atom stereocenters. The molecule has 0 spiro atoms. The van der Waals surface area contributed by atoms with Gasteiger partial charge in [0.25, 0.3) is 0 Å². The monoisotopic (exact) mass is 380 g/mol. The molecule has 0 bridgehead atoms. The molecule has 1 fully saturated rings. The van der Waals surface area contributed by atoms with Crippen LogP contribution in [0.1, 0.15) is 31.5 Å². The highest BCUT2D eigenvalue weighted by molar-refractivity contribution is 5.74. The summed E-state index contributed by atoms with van der Waals surface area (Å²) in [5.74, 6) is 1.58. The maximum Gasteiger partial charge on any atom is 0.219 e. The number of aromatic nitrogens is 3. The van der Waals surface area contributed by atoms with Crippen LogP contribution in [0.3, 0.4) is 0 Å². The number of carbonyl (C=O) groups excluding carboxylic acids is 2. The minimum atomic E-state index is -0.00952. The first-order chi connectivity index (χ1) is 13.5. The molecule has 0 aromatic carbocycles. The van der Waals surface area contributed by atoms with E-state index in [1.54, 1.807) is 26.2 Å². The quantitative estimate of drug-likeness (QED) is 0.859. The first-order valence-electron chi connectivity index (χ1n) is 9.59. The predicted molar refractivity (Wildman–Crippen MR) is 104 cm³/mol. The predicted octanol–water partition coefficient (Wildman–Crippen LogP) is 1.16. The van der Waals surface area contributed by atoms with Crippen molar-refractivity contribution in [3.8, 4) is 11.4 Å². The van der Waals surface area contributed by atoms with Crippen molar-refractivity contribution in [3.63, 3.8) is 0 Å². The highest BCUT2D eigenvalue weighted by Gasteiger charge is 2.30. The normalized spacial score (nSPS) is 18.7. The van der Waals surface area contributed by atoms with Gasteiger partial charge in [-0.15, -0.1) is 0 Å². The van der Waals surface area contributed by atoms with Gasteiger partial charge in [-0.2, -0.15) is 0 Å². The Morgan fingerprint density at radius 3 is 2.79 bits per heavy atom. The molecular formula is C20H24N6O2. The Morgan fingerprint density at radius 2 is 2.07 bits per heavy atom. The Morgan fingerprint density at radius 1 is 1.21 bits per heavy atom. The van der Waals surface area contributed by atoms with E-state index in [9.17, 15) is 9.59 Å². The molecule has 0 saturated carbocycles. The third-order valence-electron chi connectivity index (χ3n) is 5.30. The molecule has 2 aromatic rings. The molecular weight excluding hydrogens is 356 g/mol. The van der Waals surface area contributed by atoms with Crippen LogP contribution in [0.4, 0.5) is 5.82 Å². The van der Waals surface area contributed by atoms with Crippen LogP contribution in [0.2, 0.25) is 0 Å². The molecule has 4 heterocycles. The molecule has 146 valence electrons. The number of amides is 2. The minimum Gasteiger partial charge on any atom is -0.354 e. The van der Waals surface area contributed by atoms with Crippen molar-refractivity contribution in [1.29, 1.82) is 0 Å². The van der Waals surface area contributed by atoms with E-state index in [0.29, 0.717) is 18.9 Å². The van der Waals surface area contributed by atoms with Crippen molar-refractivity contribution in [2.24, 2.45) is 0 Å².